The summed E-state index contributed by atoms with van der Waals surface area (Å²) in [5.74, 6) is 0.207. The Labute approximate surface area is 150 Å². The van der Waals surface area contributed by atoms with Crippen molar-refractivity contribution < 1.29 is 4.79 Å². The van der Waals surface area contributed by atoms with Crippen molar-refractivity contribution in [3.8, 4) is 0 Å². The van der Waals surface area contributed by atoms with E-state index in [2.05, 4.69) is 14.9 Å². The van der Waals surface area contributed by atoms with Gasteiger partial charge in [0.25, 0.3) is 5.56 Å². The summed E-state index contributed by atoms with van der Waals surface area (Å²) < 4.78 is 0. The summed E-state index contributed by atoms with van der Waals surface area (Å²) >= 11 is 1.62. The van der Waals surface area contributed by atoms with E-state index >= 15 is 0 Å². The number of nitrogens with one attached hydrogen (secondary N) is 1. The molecule has 2 aromatic rings. The van der Waals surface area contributed by atoms with Crippen LogP contribution >= 0.6 is 11.3 Å². The van der Waals surface area contributed by atoms with E-state index in [0.717, 1.165) is 17.8 Å². The van der Waals surface area contributed by atoms with Crippen molar-refractivity contribution in [2.45, 2.75) is 31.8 Å². The number of amides is 1. The second kappa shape index (κ2) is 7.37. The van der Waals surface area contributed by atoms with E-state index in [-0.39, 0.29) is 29.4 Å². The number of rotatable bonds is 5. The van der Waals surface area contributed by atoms with Crippen LogP contribution in [0.3, 0.4) is 0 Å². The second-order valence-corrected chi connectivity index (χ2v) is 7.48. The molecule has 0 saturated carbocycles. The summed E-state index contributed by atoms with van der Waals surface area (Å²) in [6.07, 6.45) is 0.915. The smallest absolute Gasteiger partial charge is 0.252 e. The number of anilines is 1. The first kappa shape index (κ1) is 17.6. The molecule has 0 aliphatic carbocycles. The minimum absolute atomic E-state index is 0.0989. The molecule has 0 radical (unpaired) electrons. The molecule has 134 valence electrons. The summed E-state index contributed by atoms with van der Waals surface area (Å²) in [4.78, 5) is 36.0. The van der Waals surface area contributed by atoms with Gasteiger partial charge in [-0.2, -0.15) is 0 Å². The topological polar surface area (TPSA) is 95.3 Å². The highest BCUT2D eigenvalue weighted by molar-refractivity contribution is 7.10. The molecule has 2 unspecified atom stereocenters. The number of thiophene rings is 1. The molecule has 1 saturated heterocycles. The maximum Gasteiger partial charge on any atom is 0.252 e. The quantitative estimate of drug-likeness (QED) is 0.836. The number of nitrogen functional groups attached to an aromatic ring is 1. The van der Waals surface area contributed by atoms with Gasteiger partial charge in [0.15, 0.2) is 0 Å². The van der Waals surface area contributed by atoms with Crippen molar-refractivity contribution in [1.82, 2.24) is 19.8 Å². The van der Waals surface area contributed by atoms with Crippen LogP contribution in [0.15, 0.2) is 28.4 Å². The first-order chi connectivity index (χ1) is 11.9. The van der Waals surface area contributed by atoms with Crippen LogP contribution in [0.5, 0.6) is 0 Å². The Balaban J connectivity index is 1.60. The Morgan fingerprint density at radius 3 is 3.08 bits per heavy atom. The Kier molecular flexibility index (Phi) is 5.19. The number of likely N-dealkylation sites (tertiary alicyclic amines) is 1. The number of nitrogens with two attached hydrogens (primary N) is 1. The number of carbonyl (C=O) groups excluding carboxylic acids is 1. The summed E-state index contributed by atoms with van der Waals surface area (Å²) in [6.45, 7) is 3.95. The number of hydrogen-bond donors (Lipinski definition) is 2. The van der Waals surface area contributed by atoms with E-state index in [4.69, 9.17) is 5.73 Å². The number of likely N-dealkylation sites (N-methyl/N-ethyl adjacent to an activating group) is 1. The van der Waals surface area contributed by atoms with Gasteiger partial charge in [0.1, 0.15) is 0 Å². The first-order valence-corrected chi connectivity index (χ1v) is 9.20. The third-order valence-electron chi connectivity index (χ3n) is 4.66. The average molecular weight is 361 g/mol. The van der Waals surface area contributed by atoms with Gasteiger partial charge in [0.05, 0.1) is 11.6 Å². The molecule has 1 aliphatic rings. The minimum Gasteiger partial charge on any atom is -0.369 e. The van der Waals surface area contributed by atoms with Crippen LogP contribution in [0.25, 0.3) is 0 Å². The van der Waals surface area contributed by atoms with E-state index in [1.807, 2.05) is 36.4 Å². The monoisotopic (exact) mass is 361 g/mol. The average Bonchev–Trinajstić information content (AvgIpc) is 3.24. The maximum absolute atomic E-state index is 12.7. The van der Waals surface area contributed by atoms with Crippen molar-refractivity contribution in [2.24, 2.45) is 0 Å². The van der Waals surface area contributed by atoms with Gasteiger partial charge in [-0.3, -0.25) is 19.5 Å². The van der Waals surface area contributed by atoms with Crippen LogP contribution in [0, 0.1) is 0 Å². The molecule has 1 aliphatic heterocycles. The van der Waals surface area contributed by atoms with Crippen molar-refractivity contribution in [1.29, 1.82) is 0 Å². The standard InChI is InChI=1S/C17H23N5O2S/c1-11(14-4-3-7-25-14)16(24)22-6-5-13(10-22)21(2)9-12-8-15(23)20-17(18)19-12/h3-4,7-8,11,13H,5-6,9-10H2,1-2H3,(H3,18,19,20,23). The number of carbonyl (C=O) groups is 1. The van der Waals surface area contributed by atoms with Crippen LogP contribution in [0.1, 0.15) is 29.8 Å². The van der Waals surface area contributed by atoms with Gasteiger partial charge in [0, 0.05) is 36.6 Å². The fourth-order valence-electron chi connectivity index (χ4n) is 3.23. The van der Waals surface area contributed by atoms with Gasteiger partial charge in [-0.25, -0.2) is 4.98 Å². The Hall–Kier alpha value is -2.19. The molecule has 8 heteroatoms. The fraction of sp³-hybridized carbons (Fsp3) is 0.471. The Bertz CT molecular complexity index is 789. The number of nitrogens with zero attached hydrogens (tertiary/aromatic N) is 3. The highest BCUT2D eigenvalue weighted by Crippen LogP contribution is 2.25. The zero-order valence-corrected chi connectivity index (χ0v) is 15.3. The summed E-state index contributed by atoms with van der Waals surface area (Å²) in [7, 11) is 1.99. The molecule has 25 heavy (non-hydrogen) atoms. The highest BCUT2D eigenvalue weighted by Gasteiger charge is 2.31. The largest absolute Gasteiger partial charge is 0.369 e. The van der Waals surface area contributed by atoms with Gasteiger partial charge in [0.2, 0.25) is 11.9 Å². The molecular formula is C17H23N5O2S. The van der Waals surface area contributed by atoms with Crippen molar-refractivity contribution in [3.05, 3.63) is 44.5 Å². The predicted octanol–water partition coefficient (Wildman–Crippen LogP) is 1.25. The SMILES string of the molecule is CC(C(=O)N1CCC(N(C)Cc2cc(=O)[nH]c(N)n2)C1)c1cccs1. The maximum atomic E-state index is 12.7. The van der Waals surface area contributed by atoms with E-state index in [9.17, 15) is 9.59 Å². The van der Waals surface area contributed by atoms with E-state index < -0.39 is 0 Å². The molecule has 3 heterocycles. The third kappa shape index (κ3) is 4.08. The van der Waals surface area contributed by atoms with Crippen molar-refractivity contribution in [3.63, 3.8) is 0 Å². The van der Waals surface area contributed by atoms with Crippen LogP contribution in [-0.2, 0) is 11.3 Å². The summed E-state index contributed by atoms with van der Waals surface area (Å²) in [5.41, 5.74) is 5.99. The molecule has 3 N–H and O–H groups in total. The summed E-state index contributed by atoms with van der Waals surface area (Å²) in [5, 5.41) is 2.00. The number of H-pyrrole nitrogens is 1. The van der Waals surface area contributed by atoms with Crippen molar-refractivity contribution >= 4 is 23.2 Å². The third-order valence-corrected chi connectivity index (χ3v) is 5.72. The molecule has 0 aromatic carbocycles. The van der Waals surface area contributed by atoms with Gasteiger partial charge in [-0.15, -0.1) is 11.3 Å². The van der Waals surface area contributed by atoms with Crippen molar-refractivity contribution in [2.75, 3.05) is 25.9 Å². The van der Waals surface area contributed by atoms with Crippen LogP contribution < -0.4 is 11.3 Å². The molecule has 1 fully saturated rings. The van der Waals surface area contributed by atoms with Crippen LogP contribution in [0.4, 0.5) is 5.95 Å². The zero-order chi connectivity index (χ0) is 18.0. The Morgan fingerprint density at radius 2 is 2.40 bits per heavy atom. The van der Waals surface area contributed by atoms with E-state index in [1.54, 1.807) is 11.3 Å². The second-order valence-electron chi connectivity index (χ2n) is 6.50. The molecule has 0 spiro atoms. The molecule has 1 amide bonds. The summed E-state index contributed by atoms with van der Waals surface area (Å²) in [6, 6.07) is 5.70. The normalized spacial score (nSPS) is 18.7. The van der Waals surface area contributed by atoms with Gasteiger partial charge < -0.3 is 10.6 Å². The zero-order valence-electron chi connectivity index (χ0n) is 14.4. The van der Waals surface area contributed by atoms with Gasteiger partial charge >= 0.3 is 0 Å². The predicted molar refractivity (Wildman–Crippen MR) is 98.5 cm³/mol. The van der Waals surface area contributed by atoms with E-state index in [1.165, 1.54) is 6.07 Å². The molecule has 2 atom stereocenters. The highest BCUT2D eigenvalue weighted by atomic mass is 32.1. The number of hydrogen-bond acceptors (Lipinski definition) is 6. The van der Waals surface area contributed by atoms with E-state index in [0.29, 0.717) is 18.8 Å². The van der Waals surface area contributed by atoms with Crippen LogP contribution in [-0.4, -0.2) is 51.9 Å². The molecular weight excluding hydrogens is 338 g/mol. The lowest BCUT2D eigenvalue weighted by atomic mass is 10.1. The van der Waals surface area contributed by atoms with Gasteiger partial charge in [-0.1, -0.05) is 6.07 Å². The number of aromatic amines is 1. The fourth-order valence-corrected chi connectivity index (χ4v) is 4.01. The Morgan fingerprint density at radius 1 is 1.60 bits per heavy atom. The number of aromatic nitrogens is 2. The molecule has 0 bridgehead atoms. The lowest BCUT2D eigenvalue weighted by Crippen LogP contribution is -2.37. The lowest BCUT2D eigenvalue weighted by molar-refractivity contribution is -0.131. The molecule has 3 rings (SSSR count). The van der Waals surface area contributed by atoms with Crippen LogP contribution in [0.2, 0.25) is 0 Å². The van der Waals surface area contributed by atoms with Gasteiger partial charge in [-0.05, 0) is 31.8 Å². The minimum atomic E-state index is -0.246. The molecule has 7 nitrogen and oxygen atoms in total. The first-order valence-electron chi connectivity index (χ1n) is 8.32. The molecule has 2 aromatic heterocycles. The lowest BCUT2D eigenvalue weighted by Gasteiger charge is -2.25.